The van der Waals surface area contributed by atoms with Gasteiger partial charge in [-0.3, -0.25) is 48.6 Å². The first-order chi connectivity index (χ1) is 35.7. The predicted molar refractivity (Wildman–Crippen MR) is 296 cm³/mol. The van der Waals surface area contributed by atoms with E-state index in [4.69, 9.17) is 22.6 Å². The Kier molecular flexibility index (Phi) is 40.1. The molecule has 7 unspecified atom stereocenters. The standard InChI is InChI=1S/C55H103N11O9/c1-8-11-14-15-16-17-18-19-20-21-22-23-24-33-49(69)61-42(30-25-26-32-47(57)58)52(72)66-46(37-38(4)5)55(75)65-43(29-13-10-3)53(73)64-44(31-27-36-56)51(71)60-39(6)50(70)63-45(34-35-48(59)68)54(74)62-41(40(7)67)28-12-9-2/h38-39,41-46H,8-37,56H2,1-7H3,(H3,57,58)(H2,59,68)(H,60,71)(H,61,69)(H,62,74)(H,63,70)(H,64,73)(H,65,75)(H,66,72). The van der Waals surface area contributed by atoms with Gasteiger partial charge < -0.3 is 54.4 Å². The molecule has 0 aliphatic rings. The molecule has 0 heterocycles. The van der Waals surface area contributed by atoms with Gasteiger partial charge in [-0.2, -0.15) is 0 Å². The van der Waals surface area contributed by atoms with Crippen LogP contribution in [0, 0.1) is 11.3 Å². The average Bonchev–Trinajstić information content (AvgIpc) is 3.35. The Labute approximate surface area is 449 Å². The van der Waals surface area contributed by atoms with Crippen LogP contribution in [0.3, 0.4) is 0 Å². The van der Waals surface area contributed by atoms with Crippen molar-refractivity contribution in [1.29, 1.82) is 5.41 Å². The average molecular weight is 1060 g/mol. The second-order valence-electron chi connectivity index (χ2n) is 20.9. The molecule has 20 heteroatoms. The number of primary amides is 1. The Morgan fingerprint density at radius 1 is 0.400 bits per heavy atom. The van der Waals surface area contributed by atoms with Gasteiger partial charge in [-0.1, -0.05) is 144 Å². The van der Waals surface area contributed by atoms with Gasteiger partial charge >= 0.3 is 0 Å². The number of carbonyl (C=O) groups is 9. The maximum absolute atomic E-state index is 14.2. The summed E-state index contributed by atoms with van der Waals surface area (Å²) in [5.41, 5.74) is 16.7. The molecule has 20 nitrogen and oxygen atoms in total. The summed E-state index contributed by atoms with van der Waals surface area (Å²) in [5, 5.41) is 26.7. The number of unbranched alkanes of at least 4 members (excludes halogenated alkanes) is 15. The molecule has 0 spiro atoms. The van der Waals surface area contributed by atoms with Gasteiger partial charge in [-0.05, 0) is 84.1 Å². The molecule has 432 valence electrons. The van der Waals surface area contributed by atoms with Crippen molar-refractivity contribution >= 4 is 58.9 Å². The van der Waals surface area contributed by atoms with E-state index >= 15 is 0 Å². The Morgan fingerprint density at radius 3 is 1.24 bits per heavy atom. The van der Waals surface area contributed by atoms with Crippen molar-refractivity contribution < 1.29 is 43.2 Å². The van der Waals surface area contributed by atoms with Gasteiger partial charge in [0.15, 0.2) is 5.78 Å². The Balaban J connectivity index is 6.01. The molecular weight excluding hydrogens is 959 g/mol. The van der Waals surface area contributed by atoms with Gasteiger partial charge in [0.05, 0.1) is 11.9 Å². The number of amides is 8. The first-order valence-electron chi connectivity index (χ1n) is 28.6. The van der Waals surface area contributed by atoms with Crippen LogP contribution in [-0.2, 0) is 43.2 Å². The number of hydrogen-bond acceptors (Lipinski definition) is 11. The molecule has 7 atom stereocenters. The highest BCUT2D eigenvalue weighted by molar-refractivity contribution is 5.97. The van der Waals surface area contributed by atoms with E-state index in [0.29, 0.717) is 57.8 Å². The van der Waals surface area contributed by atoms with Crippen molar-refractivity contribution in [3.8, 4) is 0 Å². The summed E-state index contributed by atoms with van der Waals surface area (Å²) in [5.74, 6) is -5.31. The molecule has 75 heavy (non-hydrogen) atoms. The molecule has 0 aromatic carbocycles. The number of Topliss-reactive ketones (excluding diaryl/α,β-unsaturated/α-hetero) is 1. The molecule has 8 amide bonds. The highest BCUT2D eigenvalue weighted by Crippen LogP contribution is 2.15. The number of carbonyl (C=O) groups excluding carboxylic acids is 9. The molecule has 0 bridgehead atoms. The van der Waals surface area contributed by atoms with E-state index in [1.165, 1.54) is 71.6 Å². The highest BCUT2D eigenvalue weighted by Gasteiger charge is 2.33. The van der Waals surface area contributed by atoms with Crippen LogP contribution >= 0.6 is 0 Å². The van der Waals surface area contributed by atoms with Crippen LogP contribution in [0.1, 0.15) is 235 Å². The fourth-order valence-electron chi connectivity index (χ4n) is 8.58. The van der Waals surface area contributed by atoms with E-state index in [1.807, 2.05) is 27.7 Å². The maximum atomic E-state index is 14.2. The van der Waals surface area contributed by atoms with Gasteiger partial charge in [0.25, 0.3) is 0 Å². The zero-order chi connectivity index (χ0) is 56.6. The summed E-state index contributed by atoms with van der Waals surface area (Å²) < 4.78 is 0. The molecule has 14 N–H and O–H groups in total. The summed E-state index contributed by atoms with van der Waals surface area (Å²) in [6.45, 7) is 12.8. The number of amidine groups is 1. The molecule has 0 rings (SSSR count). The minimum absolute atomic E-state index is 0.0241. The lowest BCUT2D eigenvalue weighted by molar-refractivity contribution is -0.136. The summed E-state index contributed by atoms with van der Waals surface area (Å²) in [6, 6.07) is -7.64. The number of nitrogens with one attached hydrogen (secondary N) is 8. The van der Waals surface area contributed by atoms with Gasteiger partial charge in [0.1, 0.15) is 36.3 Å². The summed E-state index contributed by atoms with van der Waals surface area (Å²) in [4.78, 5) is 120. The molecule has 0 aliphatic carbocycles. The lowest BCUT2D eigenvalue weighted by Gasteiger charge is -2.28. The number of ketones is 1. The van der Waals surface area contributed by atoms with Crippen LogP contribution in [0.25, 0.3) is 0 Å². The first-order valence-corrected chi connectivity index (χ1v) is 28.6. The number of nitrogens with two attached hydrogens (primary N) is 3. The van der Waals surface area contributed by atoms with E-state index in [-0.39, 0.29) is 74.9 Å². The SMILES string of the molecule is CCCCCCCCCCCCCCCC(=O)NC(CCCCC(=N)N)C(=O)NC(CC(C)C)C(=O)NC(CCCC)C(=O)NC(CCCN)C(=O)NC(C)C(=O)NC(CCC(N)=O)C(=O)NC(CCCC)C(C)=O. The van der Waals surface area contributed by atoms with Crippen molar-refractivity contribution in [2.24, 2.45) is 23.1 Å². The molecule has 0 saturated heterocycles. The second-order valence-corrected chi connectivity index (χ2v) is 20.9. The number of rotatable bonds is 47. The Hall–Kier alpha value is -5.14. The Morgan fingerprint density at radius 2 is 0.773 bits per heavy atom. The van der Waals surface area contributed by atoms with E-state index < -0.39 is 83.6 Å². The third kappa shape index (κ3) is 34.9. The maximum Gasteiger partial charge on any atom is 0.243 e. The highest BCUT2D eigenvalue weighted by atomic mass is 16.2. The van der Waals surface area contributed by atoms with Gasteiger partial charge in [0, 0.05) is 19.3 Å². The van der Waals surface area contributed by atoms with E-state index in [0.717, 1.165) is 25.7 Å². The topological polar surface area (TPSA) is 340 Å². The van der Waals surface area contributed by atoms with Crippen LogP contribution in [0.4, 0.5) is 0 Å². The van der Waals surface area contributed by atoms with Gasteiger partial charge in [0.2, 0.25) is 47.3 Å². The lowest BCUT2D eigenvalue weighted by Crippen LogP contribution is -2.59. The minimum Gasteiger partial charge on any atom is -0.388 e. The fraction of sp³-hybridized carbons (Fsp3) is 0.818. The zero-order valence-corrected chi connectivity index (χ0v) is 47.2. The van der Waals surface area contributed by atoms with Gasteiger partial charge in [-0.15, -0.1) is 0 Å². The largest absolute Gasteiger partial charge is 0.388 e. The van der Waals surface area contributed by atoms with Gasteiger partial charge in [-0.25, -0.2) is 0 Å². The normalized spacial score (nSPS) is 14.0. The second kappa shape index (κ2) is 43.0. The van der Waals surface area contributed by atoms with Crippen molar-refractivity contribution in [2.75, 3.05) is 6.54 Å². The quantitative estimate of drug-likeness (QED) is 0.0208. The third-order valence-electron chi connectivity index (χ3n) is 13.2. The number of hydrogen-bond donors (Lipinski definition) is 11. The zero-order valence-electron chi connectivity index (χ0n) is 47.2. The third-order valence-corrected chi connectivity index (χ3v) is 13.2. The molecule has 0 radical (unpaired) electrons. The van der Waals surface area contributed by atoms with Crippen LogP contribution in [0.5, 0.6) is 0 Å². The van der Waals surface area contributed by atoms with Crippen LogP contribution in [0.15, 0.2) is 0 Å². The first kappa shape index (κ1) is 69.9. The van der Waals surface area contributed by atoms with E-state index in [1.54, 1.807) is 0 Å². The van der Waals surface area contributed by atoms with Crippen molar-refractivity contribution in [1.82, 2.24) is 37.2 Å². The molecule has 0 fully saturated rings. The Bertz CT molecular complexity index is 1710. The van der Waals surface area contributed by atoms with E-state index in [9.17, 15) is 43.2 Å². The molecule has 0 aliphatic heterocycles. The predicted octanol–water partition coefficient (Wildman–Crippen LogP) is 5.40. The van der Waals surface area contributed by atoms with Crippen molar-refractivity contribution in [3.63, 3.8) is 0 Å². The minimum atomic E-state index is -1.26. The van der Waals surface area contributed by atoms with E-state index in [2.05, 4.69) is 44.1 Å². The summed E-state index contributed by atoms with van der Waals surface area (Å²) in [7, 11) is 0. The molecule has 0 saturated carbocycles. The van der Waals surface area contributed by atoms with Crippen LogP contribution < -0.4 is 54.4 Å². The van der Waals surface area contributed by atoms with Crippen molar-refractivity contribution in [3.05, 3.63) is 0 Å². The lowest BCUT2D eigenvalue weighted by atomic mass is 10.00. The molecule has 0 aromatic rings. The van der Waals surface area contributed by atoms with Crippen molar-refractivity contribution in [2.45, 2.75) is 277 Å². The summed E-state index contributed by atoms with van der Waals surface area (Å²) in [6.07, 6.45) is 20.6. The smallest absolute Gasteiger partial charge is 0.243 e. The van der Waals surface area contributed by atoms with Crippen LogP contribution in [-0.4, -0.2) is 108 Å². The fourth-order valence-corrected chi connectivity index (χ4v) is 8.58. The van der Waals surface area contributed by atoms with Crippen LogP contribution in [0.2, 0.25) is 0 Å². The summed E-state index contributed by atoms with van der Waals surface area (Å²) >= 11 is 0. The molecule has 0 aromatic heterocycles. The monoisotopic (exact) mass is 1060 g/mol. The molecular formula is C55H103N11O9.